The number of pyridine rings is 1. The predicted octanol–water partition coefficient (Wildman–Crippen LogP) is 3.27. The molecule has 7 heteroatoms. The molecule has 0 spiro atoms. The molecule has 0 fully saturated rings. The lowest BCUT2D eigenvalue weighted by molar-refractivity contribution is 0.0695. The highest BCUT2D eigenvalue weighted by Gasteiger charge is 2.17. The number of amides is 1. The highest BCUT2D eigenvalue weighted by molar-refractivity contribution is 6.01. The van der Waals surface area contributed by atoms with Crippen molar-refractivity contribution in [2.75, 3.05) is 5.32 Å². The SMILES string of the molecule is Cn1ccc2ccc(NC(=O)n3cc(C(=O)O)c(=O)c4ccccc43)cc21. The van der Waals surface area contributed by atoms with Crippen molar-refractivity contribution in [1.29, 1.82) is 0 Å². The van der Waals surface area contributed by atoms with Crippen molar-refractivity contribution in [2.45, 2.75) is 0 Å². The molecule has 2 aromatic carbocycles. The number of hydrogen-bond donors (Lipinski definition) is 2. The minimum atomic E-state index is -1.38. The van der Waals surface area contributed by atoms with Crippen LogP contribution < -0.4 is 10.7 Å². The Morgan fingerprint density at radius 3 is 2.59 bits per heavy atom. The summed E-state index contributed by atoms with van der Waals surface area (Å²) in [6, 6.07) is 13.3. The summed E-state index contributed by atoms with van der Waals surface area (Å²) in [7, 11) is 1.91. The standard InChI is InChI=1S/C20H15N3O4/c1-22-9-8-12-6-7-13(10-17(12)22)21-20(27)23-11-15(19(25)26)18(24)14-4-2-3-5-16(14)23/h2-11H,1H3,(H,21,27)(H,25,26). The van der Waals surface area contributed by atoms with Gasteiger partial charge in [-0.3, -0.25) is 9.36 Å². The van der Waals surface area contributed by atoms with Crippen LogP contribution in [0.2, 0.25) is 0 Å². The van der Waals surface area contributed by atoms with Gasteiger partial charge < -0.3 is 15.0 Å². The highest BCUT2D eigenvalue weighted by atomic mass is 16.4. The summed E-state index contributed by atoms with van der Waals surface area (Å²) in [5, 5.41) is 13.3. The van der Waals surface area contributed by atoms with E-state index < -0.39 is 23.0 Å². The number of para-hydroxylation sites is 1. The fraction of sp³-hybridized carbons (Fsp3) is 0.0500. The topological polar surface area (TPSA) is 93.3 Å². The normalized spacial score (nSPS) is 11.0. The number of aromatic carboxylic acids is 1. The Bertz CT molecular complexity index is 1280. The van der Waals surface area contributed by atoms with E-state index in [0.29, 0.717) is 11.2 Å². The van der Waals surface area contributed by atoms with Gasteiger partial charge in [-0.15, -0.1) is 0 Å². The molecule has 7 nitrogen and oxygen atoms in total. The summed E-state index contributed by atoms with van der Waals surface area (Å²) in [5.74, 6) is -1.38. The van der Waals surface area contributed by atoms with Gasteiger partial charge in [0.2, 0.25) is 5.43 Å². The maximum absolute atomic E-state index is 12.8. The Balaban J connectivity index is 1.82. The van der Waals surface area contributed by atoms with Crippen molar-refractivity contribution in [3.05, 3.63) is 76.7 Å². The fourth-order valence-electron chi connectivity index (χ4n) is 3.12. The smallest absolute Gasteiger partial charge is 0.341 e. The van der Waals surface area contributed by atoms with Gasteiger partial charge in [-0.2, -0.15) is 0 Å². The number of carbonyl (C=O) groups is 2. The number of carboxylic acids is 1. The number of aryl methyl sites for hydroxylation is 1. The summed E-state index contributed by atoms with van der Waals surface area (Å²) >= 11 is 0. The quantitative estimate of drug-likeness (QED) is 0.573. The van der Waals surface area contributed by atoms with Crippen LogP contribution >= 0.6 is 0 Å². The van der Waals surface area contributed by atoms with Crippen LogP contribution in [0.5, 0.6) is 0 Å². The maximum Gasteiger partial charge on any atom is 0.341 e. The molecule has 4 rings (SSSR count). The lowest BCUT2D eigenvalue weighted by atomic mass is 10.1. The second-order valence-electron chi connectivity index (χ2n) is 6.19. The number of aromatic nitrogens is 2. The third kappa shape index (κ3) is 2.75. The Morgan fingerprint density at radius 2 is 1.81 bits per heavy atom. The lowest BCUT2D eigenvalue weighted by Crippen LogP contribution is -2.25. The minimum Gasteiger partial charge on any atom is -0.477 e. The first kappa shape index (κ1) is 16.6. The van der Waals surface area contributed by atoms with Gasteiger partial charge in [-0.25, -0.2) is 9.59 Å². The van der Waals surface area contributed by atoms with E-state index in [0.717, 1.165) is 21.7 Å². The van der Waals surface area contributed by atoms with E-state index in [9.17, 15) is 19.5 Å². The molecule has 0 saturated heterocycles. The van der Waals surface area contributed by atoms with Crippen molar-refractivity contribution in [3.8, 4) is 0 Å². The number of anilines is 1. The minimum absolute atomic E-state index is 0.172. The van der Waals surface area contributed by atoms with E-state index in [4.69, 9.17) is 0 Å². The monoisotopic (exact) mass is 361 g/mol. The zero-order chi connectivity index (χ0) is 19.1. The van der Waals surface area contributed by atoms with Crippen molar-refractivity contribution in [3.63, 3.8) is 0 Å². The Kier molecular flexibility index (Phi) is 3.77. The number of hydrogen-bond acceptors (Lipinski definition) is 3. The number of benzene rings is 2. The Hall–Kier alpha value is -3.87. The average Bonchev–Trinajstić information content (AvgIpc) is 3.02. The van der Waals surface area contributed by atoms with E-state index in [2.05, 4.69) is 5.32 Å². The van der Waals surface area contributed by atoms with E-state index in [1.807, 2.05) is 36.0 Å². The van der Waals surface area contributed by atoms with Crippen molar-refractivity contribution < 1.29 is 14.7 Å². The second kappa shape index (κ2) is 6.14. The molecular weight excluding hydrogens is 346 g/mol. The molecule has 0 atom stereocenters. The summed E-state index contributed by atoms with van der Waals surface area (Å²) in [5.41, 5.74) is 0.775. The number of nitrogens with zero attached hydrogens (tertiary/aromatic N) is 2. The van der Waals surface area contributed by atoms with Gasteiger partial charge in [0.25, 0.3) is 0 Å². The number of carboxylic acid groups (broad SMARTS) is 1. The molecule has 0 aliphatic heterocycles. The summed E-state index contributed by atoms with van der Waals surface area (Å²) in [6.07, 6.45) is 2.98. The van der Waals surface area contributed by atoms with E-state index in [-0.39, 0.29) is 5.39 Å². The van der Waals surface area contributed by atoms with Crippen LogP contribution in [-0.4, -0.2) is 26.2 Å². The van der Waals surface area contributed by atoms with E-state index in [1.54, 1.807) is 24.3 Å². The first-order chi connectivity index (χ1) is 13.0. The average molecular weight is 361 g/mol. The van der Waals surface area contributed by atoms with Crippen LogP contribution in [0.1, 0.15) is 10.4 Å². The van der Waals surface area contributed by atoms with Crippen LogP contribution in [-0.2, 0) is 7.05 Å². The largest absolute Gasteiger partial charge is 0.477 e. The molecular formula is C20H15N3O4. The van der Waals surface area contributed by atoms with Gasteiger partial charge in [0, 0.05) is 36.0 Å². The van der Waals surface area contributed by atoms with Gasteiger partial charge in [-0.1, -0.05) is 18.2 Å². The predicted molar refractivity (Wildman–Crippen MR) is 103 cm³/mol. The van der Waals surface area contributed by atoms with E-state index >= 15 is 0 Å². The fourth-order valence-corrected chi connectivity index (χ4v) is 3.12. The molecule has 2 aromatic heterocycles. The molecule has 2 N–H and O–H groups in total. The molecule has 0 unspecified atom stereocenters. The first-order valence-electron chi connectivity index (χ1n) is 8.20. The van der Waals surface area contributed by atoms with Gasteiger partial charge in [-0.05, 0) is 35.7 Å². The molecule has 0 aliphatic carbocycles. The van der Waals surface area contributed by atoms with Crippen molar-refractivity contribution in [1.82, 2.24) is 9.13 Å². The highest BCUT2D eigenvalue weighted by Crippen LogP contribution is 2.20. The zero-order valence-corrected chi connectivity index (χ0v) is 14.3. The molecule has 0 bridgehead atoms. The number of nitrogens with one attached hydrogen (secondary N) is 1. The third-order valence-corrected chi connectivity index (χ3v) is 4.50. The molecule has 0 radical (unpaired) electrons. The lowest BCUT2D eigenvalue weighted by Gasteiger charge is -2.12. The van der Waals surface area contributed by atoms with Crippen LogP contribution in [0.3, 0.4) is 0 Å². The summed E-state index contributed by atoms with van der Waals surface area (Å²) in [4.78, 5) is 36.6. The number of fused-ring (bicyclic) bond motifs is 2. The van der Waals surface area contributed by atoms with Gasteiger partial charge in [0.05, 0.1) is 5.52 Å². The molecule has 0 saturated carbocycles. The Morgan fingerprint density at radius 1 is 1.04 bits per heavy atom. The second-order valence-corrected chi connectivity index (χ2v) is 6.19. The van der Waals surface area contributed by atoms with Crippen molar-refractivity contribution >= 4 is 39.5 Å². The third-order valence-electron chi connectivity index (χ3n) is 4.50. The first-order valence-corrected chi connectivity index (χ1v) is 8.20. The van der Waals surface area contributed by atoms with Crippen molar-refractivity contribution in [2.24, 2.45) is 7.05 Å². The van der Waals surface area contributed by atoms with Gasteiger partial charge in [0.1, 0.15) is 5.56 Å². The van der Waals surface area contributed by atoms with Gasteiger partial charge >= 0.3 is 12.0 Å². The Labute approximate surface area is 153 Å². The van der Waals surface area contributed by atoms with Crippen LogP contribution in [0.4, 0.5) is 10.5 Å². The van der Waals surface area contributed by atoms with Crippen LogP contribution in [0.15, 0.2) is 65.7 Å². The van der Waals surface area contributed by atoms with Gasteiger partial charge in [0.15, 0.2) is 0 Å². The molecule has 27 heavy (non-hydrogen) atoms. The van der Waals surface area contributed by atoms with Crippen LogP contribution in [0, 0.1) is 0 Å². The maximum atomic E-state index is 12.8. The molecule has 0 aliphatic rings. The zero-order valence-electron chi connectivity index (χ0n) is 14.3. The number of rotatable bonds is 2. The molecule has 134 valence electrons. The molecule has 4 aromatic rings. The summed E-state index contributed by atoms with van der Waals surface area (Å²) in [6.45, 7) is 0. The number of carbonyl (C=O) groups excluding carboxylic acids is 1. The summed E-state index contributed by atoms with van der Waals surface area (Å²) < 4.78 is 3.08. The molecule has 1 amide bonds. The molecule has 2 heterocycles. The van der Waals surface area contributed by atoms with E-state index in [1.165, 1.54) is 6.07 Å². The van der Waals surface area contributed by atoms with Crippen LogP contribution in [0.25, 0.3) is 21.8 Å².